The van der Waals surface area contributed by atoms with Crippen molar-refractivity contribution in [3.05, 3.63) is 71.8 Å². The SMILES string of the molecule is CC(=O)OC1(CNC(=O)OC(C(=O)c2ccccc2)c2ccccc2)CCCCC1. The van der Waals surface area contributed by atoms with Crippen molar-refractivity contribution >= 4 is 17.8 Å². The zero-order valence-corrected chi connectivity index (χ0v) is 17.1. The van der Waals surface area contributed by atoms with Crippen LogP contribution in [0.5, 0.6) is 0 Å². The number of ether oxygens (including phenoxy) is 2. The van der Waals surface area contributed by atoms with E-state index >= 15 is 0 Å². The molecule has 1 saturated carbocycles. The van der Waals surface area contributed by atoms with Gasteiger partial charge in [-0.2, -0.15) is 0 Å². The van der Waals surface area contributed by atoms with E-state index in [2.05, 4.69) is 5.32 Å². The zero-order valence-electron chi connectivity index (χ0n) is 17.1. The van der Waals surface area contributed by atoms with E-state index in [9.17, 15) is 14.4 Å². The van der Waals surface area contributed by atoms with Crippen molar-refractivity contribution < 1.29 is 23.9 Å². The molecule has 2 aromatic carbocycles. The van der Waals surface area contributed by atoms with Gasteiger partial charge in [0.2, 0.25) is 5.78 Å². The lowest BCUT2D eigenvalue weighted by atomic mass is 9.84. The number of hydrogen-bond acceptors (Lipinski definition) is 5. The Morgan fingerprint density at radius 2 is 1.53 bits per heavy atom. The van der Waals surface area contributed by atoms with E-state index < -0.39 is 17.8 Å². The van der Waals surface area contributed by atoms with Crippen LogP contribution in [0.25, 0.3) is 0 Å². The summed E-state index contributed by atoms with van der Waals surface area (Å²) in [6.45, 7) is 1.53. The molecule has 1 fully saturated rings. The highest BCUT2D eigenvalue weighted by molar-refractivity contribution is 6.00. The topological polar surface area (TPSA) is 81.7 Å². The first-order valence-corrected chi connectivity index (χ1v) is 10.3. The second-order valence-electron chi connectivity index (χ2n) is 7.62. The van der Waals surface area contributed by atoms with Crippen molar-refractivity contribution in [1.82, 2.24) is 5.32 Å². The number of benzene rings is 2. The summed E-state index contributed by atoms with van der Waals surface area (Å²) in [5, 5.41) is 2.71. The fraction of sp³-hybridized carbons (Fsp3) is 0.375. The van der Waals surface area contributed by atoms with Gasteiger partial charge in [0.25, 0.3) is 0 Å². The number of ketones is 1. The van der Waals surface area contributed by atoms with E-state index in [0.29, 0.717) is 24.0 Å². The average molecular weight is 409 g/mol. The van der Waals surface area contributed by atoms with Crippen LogP contribution < -0.4 is 5.32 Å². The lowest BCUT2D eigenvalue weighted by molar-refractivity contribution is -0.160. The standard InChI is InChI=1S/C24H27NO5/c1-18(26)30-24(15-9-4-10-16-24)17-25-23(28)29-22(20-13-7-3-8-14-20)21(27)19-11-5-2-6-12-19/h2-3,5-8,11-14,22H,4,9-10,15-17H2,1H3,(H,25,28). The minimum atomic E-state index is -1.07. The van der Waals surface area contributed by atoms with Crippen molar-refractivity contribution in [2.45, 2.75) is 50.7 Å². The van der Waals surface area contributed by atoms with E-state index in [4.69, 9.17) is 9.47 Å². The molecule has 0 heterocycles. The predicted molar refractivity (Wildman–Crippen MR) is 112 cm³/mol. The predicted octanol–water partition coefficient (Wildman–Crippen LogP) is 4.60. The Bertz CT molecular complexity index is 860. The minimum absolute atomic E-state index is 0.159. The maximum Gasteiger partial charge on any atom is 0.408 e. The van der Waals surface area contributed by atoms with Crippen LogP contribution in [0.3, 0.4) is 0 Å². The summed E-state index contributed by atoms with van der Waals surface area (Å²) in [7, 11) is 0. The van der Waals surface area contributed by atoms with Crippen LogP contribution in [0.4, 0.5) is 4.79 Å². The van der Waals surface area contributed by atoms with Crippen molar-refractivity contribution in [2.24, 2.45) is 0 Å². The van der Waals surface area contributed by atoms with Crippen molar-refractivity contribution in [2.75, 3.05) is 6.54 Å². The van der Waals surface area contributed by atoms with Gasteiger partial charge in [0.05, 0.1) is 6.54 Å². The third-order valence-electron chi connectivity index (χ3n) is 5.30. The van der Waals surface area contributed by atoms with Crippen LogP contribution in [-0.4, -0.2) is 30.0 Å². The molecule has 1 amide bonds. The van der Waals surface area contributed by atoms with Crippen molar-refractivity contribution in [3.8, 4) is 0 Å². The lowest BCUT2D eigenvalue weighted by Crippen LogP contribution is -2.47. The number of carbonyl (C=O) groups excluding carboxylic acids is 3. The number of hydrogen-bond donors (Lipinski definition) is 1. The molecule has 0 saturated heterocycles. The summed E-state index contributed by atoms with van der Waals surface area (Å²) < 4.78 is 11.1. The van der Waals surface area contributed by atoms with Gasteiger partial charge >= 0.3 is 12.1 Å². The molecule has 158 valence electrons. The molecule has 1 N–H and O–H groups in total. The number of alkyl carbamates (subject to hydrolysis) is 1. The van der Waals surface area contributed by atoms with Crippen molar-refractivity contribution in [3.63, 3.8) is 0 Å². The minimum Gasteiger partial charge on any atom is -0.457 e. The molecule has 6 nitrogen and oxygen atoms in total. The highest BCUT2D eigenvalue weighted by Crippen LogP contribution is 2.31. The summed E-state index contributed by atoms with van der Waals surface area (Å²) in [6, 6.07) is 17.6. The lowest BCUT2D eigenvalue weighted by Gasteiger charge is -2.36. The molecule has 0 aromatic heterocycles. The number of rotatable bonds is 7. The second-order valence-corrected chi connectivity index (χ2v) is 7.62. The van der Waals surface area contributed by atoms with Gasteiger partial charge in [-0.3, -0.25) is 9.59 Å². The fourth-order valence-corrected chi connectivity index (χ4v) is 3.85. The first-order chi connectivity index (χ1) is 14.5. The maximum absolute atomic E-state index is 13.0. The molecule has 6 heteroatoms. The molecule has 1 aliphatic carbocycles. The Morgan fingerprint density at radius 3 is 2.13 bits per heavy atom. The third kappa shape index (κ3) is 5.69. The Labute approximate surface area is 176 Å². The van der Waals surface area contributed by atoms with E-state index in [-0.39, 0.29) is 18.3 Å². The Morgan fingerprint density at radius 1 is 0.933 bits per heavy atom. The van der Waals surface area contributed by atoms with Crippen LogP contribution >= 0.6 is 0 Å². The van der Waals surface area contributed by atoms with Gasteiger partial charge in [-0.05, 0) is 25.7 Å². The molecule has 3 rings (SSSR count). The van der Waals surface area contributed by atoms with Gasteiger partial charge in [0.15, 0.2) is 6.10 Å². The Hall–Kier alpha value is -3.15. The molecule has 2 aromatic rings. The van der Waals surface area contributed by atoms with Crippen LogP contribution in [0.2, 0.25) is 0 Å². The first kappa shape index (κ1) is 21.6. The van der Waals surface area contributed by atoms with E-state index in [1.165, 1.54) is 6.92 Å². The maximum atomic E-state index is 13.0. The van der Waals surface area contributed by atoms with Gasteiger partial charge in [-0.25, -0.2) is 4.79 Å². The van der Waals surface area contributed by atoms with Gasteiger partial charge in [0.1, 0.15) is 5.60 Å². The highest BCUT2D eigenvalue weighted by Gasteiger charge is 2.36. The summed E-state index contributed by atoms with van der Waals surface area (Å²) >= 11 is 0. The molecular formula is C24H27NO5. The number of esters is 1. The normalized spacial score (nSPS) is 16.2. The van der Waals surface area contributed by atoms with Crippen LogP contribution in [0, 0.1) is 0 Å². The van der Waals surface area contributed by atoms with Crippen molar-refractivity contribution in [1.29, 1.82) is 0 Å². The molecule has 1 unspecified atom stereocenters. The second kappa shape index (κ2) is 10.1. The molecule has 30 heavy (non-hydrogen) atoms. The third-order valence-corrected chi connectivity index (χ3v) is 5.30. The monoisotopic (exact) mass is 409 g/mol. The van der Waals surface area contributed by atoms with Gasteiger partial charge in [0, 0.05) is 18.1 Å². The van der Waals surface area contributed by atoms with Gasteiger partial charge < -0.3 is 14.8 Å². The average Bonchev–Trinajstić information content (AvgIpc) is 2.77. The molecule has 0 radical (unpaired) electrons. The number of amides is 1. The van der Waals surface area contributed by atoms with Crippen LogP contribution in [-0.2, 0) is 14.3 Å². The van der Waals surface area contributed by atoms with E-state index in [1.54, 1.807) is 48.5 Å². The highest BCUT2D eigenvalue weighted by atomic mass is 16.6. The number of nitrogens with one attached hydrogen (secondary N) is 1. The van der Waals surface area contributed by atoms with Gasteiger partial charge in [-0.1, -0.05) is 67.1 Å². The Balaban J connectivity index is 1.71. The largest absolute Gasteiger partial charge is 0.457 e. The molecule has 0 bridgehead atoms. The molecule has 0 aliphatic heterocycles. The van der Waals surface area contributed by atoms with Crippen LogP contribution in [0.15, 0.2) is 60.7 Å². The Kier molecular flexibility index (Phi) is 7.22. The summed E-state index contributed by atoms with van der Waals surface area (Å²) in [5.74, 6) is -0.669. The number of carbonyl (C=O) groups is 3. The molecule has 1 aliphatic rings. The summed E-state index contributed by atoms with van der Waals surface area (Å²) in [6.07, 6.45) is 2.55. The van der Waals surface area contributed by atoms with Gasteiger partial charge in [-0.15, -0.1) is 0 Å². The first-order valence-electron chi connectivity index (χ1n) is 10.3. The van der Waals surface area contributed by atoms with E-state index in [1.807, 2.05) is 12.1 Å². The summed E-state index contributed by atoms with van der Waals surface area (Å²) in [5.41, 5.74) is 0.339. The van der Waals surface area contributed by atoms with E-state index in [0.717, 1.165) is 19.3 Å². The fourth-order valence-electron chi connectivity index (χ4n) is 3.85. The van der Waals surface area contributed by atoms with Crippen LogP contribution in [0.1, 0.15) is 61.1 Å². The number of Topliss-reactive ketones (excluding diaryl/α,β-unsaturated/α-hetero) is 1. The quantitative estimate of drug-likeness (QED) is 0.534. The molecule has 0 spiro atoms. The zero-order chi connectivity index (χ0) is 21.4. The molecule has 1 atom stereocenters. The smallest absolute Gasteiger partial charge is 0.408 e. The summed E-state index contributed by atoms with van der Waals surface area (Å²) in [4.78, 5) is 37.2. The molecular weight excluding hydrogens is 382 g/mol.